The van der Waals surface area contributed by atoms with E-state index in [9.17, 15) is 27.9 Å². The average molecular weight is 479 g/mol. The second kappa shape index (κ2) is 8.14. The molecule has 0 radical (unpaired) electrons. The highest BCUT2D eigenvalue weighted by molar-refractivity contribution is 6.37. The Hall–Kier alpha value is -2.04. The summed E-state index contributed by atoms with van der Waals surface area (Å²) in [6.45, 7) is 0.297. The minimum absolute atomic E-state index is 0.0171. The Kier molecular flexibility index (Phi) is 5.82. The monoisotopic (exact) mass is 478 g/mol. The number of alkyl halides is 3. The predicted molar refractivity (Wildman–Crippen MR) is 106 cm³/mol. The maximum Gasteiger partial charge on any atom is 0.433 e. The van der Waals surface area contributed by atoms with Crippen LogP contribution in [0, 0.1) is 0 Å². The van der Waals surface area contributed by atoms with Gasteiger partial charge in [-0.2, -0.15) is 18.3 Å². The van der Waals surface area contributed by atoms with Crippen molar-refractivity contribution < 1.29 is 27.9 Å². The van der Waals surface area contributed by atoms with Crippen molar-refractivity contribution in [3.05, 3.63) is 33.6 Å². The van der Waals surface area contributed by atoms with Crippen LogP contribution in [0.1, 0.15) is 41.9 Å². The zero-order valence-electron chi connectivity index (χ0n) is 16.2. The van der Waals surface area contributed by atoms with E-state index >= 15 is 0 Å². The van der Waals surface area contributed by atoms with Crippen molar-refractivity contribution in [3.8, 4) is 0 Å². The summed E-state index contributed by atoms with van der Waals surface area (Å²) in [5, 5.41) is 13.0. The van der Waals surface area contributed by atoms with Gasteiger partial charge in [-0.05, 0) is 37.8 Å². The van der Waals surface area contributed by atoms with Crippen LogP contribution in [0.15, 0.2) is 12.1 Å². The van der Waals surface area contributed by atoms with Crippen molar-refractivity contribution >= 4 is 40.5 Å². The fraction of sp³-hybridized carbons (Fsp3) is 0.526. The molecule has 4 rings (SSSR count). The van der Waals surface area contributed by atoms with E-state index < -0.39 is 17.8 Å². The lowest BCUT2D eigenvalue weighted by molar-refractivity contribution is -0.142. The van der Waals surface area contributed by atoms with E-state index in [4.69, 9.17) is 23.2 Å². The van der Waals surface area contributed by atoms with Crippen LogP contribution in [0.4, 0.5) is 13.2 Å². The first-order chi connectivity index (χ1) is 14.6. The predicted octanol–water partition coefficient (Wildman–Crippen LogP) is 3.25. The van der Waals surface area contributed by atoms with Gasteiger partial charge in [-0.3, -0.25) is 9.59 Å². The van der Waals surface area contributed by atoms with E-state index in [1.165, 1.54) is 11.0 Å². The van der Waals surface area contributed by atoms with E-state index in [0.29, 0.717) is 42.8 Å². The third-order valence-electron chi connectivity index (χ3n) is 5.78. The highest BCUT2D eigenvalue weighted by atomic mass is 35.5. The molecule has 0 spiro atoms. The van der Waals surface area contributed by atoms with Gasteiger partial charge in [0.05, 0.1) is 16.6 Å². The first kappa shape index (κ1) is 22.2. The summed E-state index contributed by atoms with van der Waals surface area (Å²) in [7, 11) is 0. The van der Waals surface area contributed by atoms with E-state index in [1.807, 2.05) is 0 Å². The molecular formula is C19H19Cl2F3N4O3. The highest BCUT2D eigenvalue weighted by Crippen LogP contribution is 2.35. The van der Waals surface area contributed by atoms with Crippen molar-refractivity contribution in [2.75, 3.05) is 19.6 Å². The van der Waals surface area contributed by atoms with E-state index in [0.717, 1.165) is 0 Å². The largest absolute Gasteiger partial charge is 0.433 e. The molecule has 1 N–H and O–H groups in total. The number of carbonyl (C=O) groups is 2. The molecule has 12 heteroatoms. The Morgan fingerprint density at radius 2 is 1.81 bits per heavy atom. The summed E-state index contributed by atoms with van der Waals surface area (Å²) >= 11 is 12.0. The van der Waals surface area contributed by atoms with Gasteiger partial charge in [-0.1, -0.05) is 23.2 Å². The number of piperazine rings is 1. The van der Waals surface area contributed by atoms with Gasteiger partial charge >= 0.3 is 6.18 Å². The van der Waals surface area contributed by atoms with Crippen LogP contribution in [0.3, 0.4) is 0 Å². The number of nitrogens with zero attached hydrogens (tertiary/aromatic N) is 4. The number of aliphatic hydroxyl groups is 1. The van der Waals surface area contributed by atoms with Crippen LogP contribution in [-0.2, 0) is 11.0 Å². The zero-order chi connectivity index (χ0) is 22.5. The second-order valence-corrected chi connectivity index (χ2v) is 8.61. The minimum Gasteiger partial charge on any atom is -0.393 e. The molecule has 2 fully saturated rings. The second-order valence-electron chi connectivity index (χ2n) is 7.79. The Balaban J connectivity index is 1.56. The molecule has 0 atom stereocenters. The number of pyridine rings is 1. The summed E-state index contributed by atoms with van der Waals surface area (Å²) < 4.78 is 40.6. The number of fused-ring (bicyclic) bond motifs is 1. The van der Waals surface area contributed by atoms with Gasteiger partial charge in [0.1, 0.15) is 12.2 Å². The van der Waals surface area contributed by atoms with Crippen molar-refractivity contribution in [2.24, 2.45) is 0 Å². The van der Waals surface area contributed by atoms with Gasteiger partial charge in [-0.25, -0.2) is 4.52 Å². The van der Waals surface area contributed by atoms with Crippen LogP contribution < -0.4 is 0 Å². The molecule has 1 aliphatic carbocycles. The number of carbonyl (C=O) groups excluding carboxylic acids is 2. The molecular weight excluding hydrogens is 460 g/mol. The molecule has 1 saturated carbocycles. The number of aromatic nitrogens is 2. The molecule has 2 aliphatic rings. The molecule has 1 saturated heterocycles. The maximum absolute atomic E-state index is 13.4. The molecule has 2 aromatic heterocycles. The Bertz CT molecular complexity index is 1030. The van der Waals surface area contributed by atoms with Gasteiger partial charge in [0.25, 0.3) is 5.91 Å². The summed E-state index contributed by atoms with van der Waals surface area (Å²) in [5.41, 5.74) is -1.66. The lowest BCUT2D eigenvalue weighted by atomic mass is 9.91. The molecule has 0 aromatic carbocycles. The number of halogens is 5. The SMILES string of the molecule is O=C(c1nn2c(C(F)(F)F)cc(Cl)cc2c1Cl)N1CCN([C@H]2CC[C@H](O)CC2)C(=O)C1. The molecule has 168 valence electrons. The summed E-state index contributed by atoms with van der Waals surface area (Å²) in [6, 6.07) is 1.92. The summed E-state index contributed by atoms with van der Waals surface area (Å²) in [4.78, 5) is 28.6. The molecule has 0 unspecified atom stereocenters. The number of rotatable bonds is 2. The van der Waals surface area contributed by atoms with Crippen LogP contribution >= 0.6 is 23.2 Å². The molecule has 0 bridgehead atoms. The van der Waals surface area contributed by atoms with Crippen LogP contribution in [0.2, 0.25) is 10.0 Å². The van der Waals surface area contributed by atoms with Crippen molar-refractivity contribution in [1.82, 2.24) is 19.4 Å². The molecule has 7 nitrogen and oxygen atoms in total. The van der Waals surface area contributed by atoms with Gasteiger partial charge in [0, 0.05) is 24.2 Å². The topological polar surface area (TPSA) is 78.2 Å². The number of hydrogen-bond acceptors (Lipinski definition) is 4. The summed E-state index contributed by atoms with van der Waals surface area (Å²) in [6.07, 6.45) is -2.47. The van der Waals surface area contributed by atoms with E-state index in [-0.39, 0.29) is 52.4 Å². The van der Waals surface area contributed by atoms with Crippen molar-refractivity contribution in [3.63, 3.8) is 0 Å². The lowest BCUT2D eigenvalue weighted by Crippen LogP contribution is -2.56. The quantitative estimate of drug-likeness (QED) is 0.718. The van der Waals surface area contributed by atoms with Crippen molar-refractivity contribution in [1.29, 1.82) is 0 Å². The van der Waals surface area contributed by atoms with Gasteiger partial charge < -0.3 is 14.9 Å². The van der Waals surface area contributed by atoms with Gasteiger partial charge in [0.15, 0.2) is 5.69 Å². The van der Waals surface area contributed by atoms with Crippen LogP contribution in [0.5, 0.6) is 0 Å². The van der Waals surface area contributed by atoms with E-state index in [2.05, 4.69) is 5.10 Å². The van der Waals surface area contributed by atoms with Crippen LogP contribution in [-0.4, -0.2) is 68.1 Å². The first-order valence-corrected chi connectivity index (χ1v) is 10.5. The van der Waals surface area contributed by atoms with Crippen LogP contribution in [0.25, 0.3) is 5.52 Å². The molecule has 2 amide bonds. The summed E-state index contributed by atoms with van der Waals surface area (Å²) in [5.74, 6) is -0.968. The number of hydrogen-bond donors (Lipinski definition) is 1. The molecule has 31 heavy (non-hydrogen) atoms. The fourth-order valence-corrected chi connectivity index (χ4v) is 4.65. The van der Waals surface area contributed by atoms with Gasteiger partial charge in [0.2, 0.25) is 5.91 Å². The minimum atomic E-state index is -4.76. The van der Waals surface area contributed by atoms with Gasteiger partial charge in [-0.15, -0.1) is 0 Å². The highest BCUT2D eigenvalue weighted by Gasteiger charge is 2.38. The standard InChI is InChI=1S/C19H19Cl2F3N4O3/c20-10-7-13-16(21)17(25-28(13)14(8-10)19(22,23)24)18(31)26-5-6-27(15(30)9-26)11-1-3-12(29)4-2-11/h7-8,11-12,29H,1-6,9H2/t11-,12-. The lowest BCUT2D eigenvalue weighted by Gasteiger charge is -2.41. The molecule has 1 aliphatic heterocycles. The first-order valence-electron chi connectivity index (χ1n) is 9.78. The zero-order valence-corrected chi connectivity index (χ0v) is 17.7. The molecule has 2 aromatic rings. The fourth-order valence-electron chi connectivity index (χ4n) is 4.19. The van der Waals surface area contributed by atoms with Crippen molar-refractivity contribution in [2.45, 2.75) is 44.0 Å². The Morgan fingerprint density at radius 1 is 1.13 bits per heavy atom. The Morgan fingerprint density at radius 3 is 2.42 bits per heavy atom. The third-order valence-corrected chi connectivity index (χ3v) is 6.37. The third kappa shape index (κ3) is 4.20. The Labute approximate surface area is 185 Å². The maximum atomic E-state index is 13.4. The smallest absolute Gasteiger partial charge is 0.393 e. The van der Waals surface area contributed by atoms with E-state index in [1.54, 1.807) is 4.90 Å². The molecule has 3 heterocycles. The average Bonchev–Trinajstić information content (AvgIpc) is 3.03. The number of aliphatic hydroxyl groups excluding tert-OH is 1. The number of amides is 2. The normalized spacial score (nSPS) is 23.0.